The maximum absolute atomic E-state index is 12.9. The van der Waals surface area contributed by atoms with Gasteiger partial charge in [0.2, 0.25) is 5.91 Å². The largest absolute Gasteiger partial charge is 0.493 e. The van der Waals surface area contributed by atoms with Gasteiger partial charge < -0.3 is 29.2 Å². The van der Waals surface area contributed by atoms with Crippen LogP contribution in [-0.2, 0) is 9.59 Å². The maximum Gasteiger partial charge on any atom is 0.267 e. The van der Waals surface area contributed by atoms with Crippen molar-refractivity contribution in [2.45, 2.75) is 20.0 Å². The third-order valence-electron chi connectivity index (χ3n) is 5.68. The Morgan fingerprint density at radius 1 is 1.05 bits per heavy atom. The van der Waals surface area contributed by atoms with Crippen LogP contribution in [0.2, 0.25) is 0 Å². The highest BCUT2D eigenvalue weighted by Crippen LogP contribution is 2.36. The smallest absolute Gasteiger partial charge is 0.267 e. The number of nitrogens with zero attached hydrogens (tertiary/aromatic N) is 1. The molecule has 8 heteroatoms. The first kappa shape index (κ1) is 25.6. The normalized spacial score (nSPS) is 14.6. The van der Waals surface area contributed by atoms with E-state index in [1.165, 1.54) is 6.08 Å². The van der Waals surface area contributed by atoms with Crippen molar-refractivity contribution < 1.29 is 28.5 Å². The van der Waals surface area contributed by atoms with Gasteiger partial charge in [0.05, 0.1) is 25.9 Å². The van der Waals surface area contributed by atoms with Crippen molar-refractivity contribution in [3.8, 4) is 23.0 Å². The third kappa shape index (κ3) is 6.41. The van der Waals surface area contributed by atoms with E-state index in [0.29, 0.717) is 48.4 Å². The minimum Gasteiger partial charge on any atom is -0.493 e. The SMILES string of the molecule is CCOc1ccc(/C=C/C(=O)Nc2ccc3c(c2)N(CCOc2ccccc2)C(=O)C(C)O3)cc1OC. The first-order chi connectivity index (χ1) is 18.0. The van der Waals surface area contributed by atoms with Crippen LogP contribution in [0.15, 0.2) is 72.8 Å². The molecule has 1 atom stereocenters. The molecule has 3 aromatic carbocycles. The van der Waals surface area contributed by atoms with Crippen LogP contribution < -0.4 is 29.2 Å². The van der Waals surface area contributed by atoms with E-state index in [0.717, 1.165) is 11.3 Å². The number of nitrogens with one attached hydrogen (secondary N) is 1. The first-order valence-electron chi connectivity index (χ1n) is 12.1. The molecule has 0 aliphatic carbocycles. The summed E-state index contributed by atoms with van der Waals surface area (Å²) in [5, 5.41) is 2.84. The topological polar surface area (TPSA) is 86.3 Å². The molecule has 37 heavy (non-hydrogen) atoms. The van der Waals surface area contributed by atoms with Crippen molar-refractivity contribution >= 4 is 29.3 Å². The van der Waals surface area contributed by atoms with Gasteiger partial charge in [-0.2, -0.15) is 0 Å². The number of ether oxygens (including phenoxy) is 4. The number of amides is 2. The second kappa shape index (κ2) is 12.0. The molecule has 0 spiro atoms. The molecule has 1 N–H and O–H groups in total. The molecular weight excluding hydrogens is 472 g/mol. The maximum atomic E-state index is 12.9. The molecule has 1 heterocycles. The third-order valence-corrected chi connectivity index (χ3v) is 5.68. The molecule has 1 aliphatic heterocycles. The number of carbonyl (C=O) groups excluding carboxylic acids is 2. The summed E-state index contributed by atoms with van der Waals surface area (Å²) in [7, 11) is 1.57. The molecular formula is C29H30N2O6. The van der Waals surface area contributed by atoms with Gasteiger partial charge in [-0.25, -0.2) is 0 Å². The predicted octanol–water partition coefficient (Wildman–Crippen LogP) is 4.94. The van der Waals surface area contributed by atoms with Crippen LogP contribution in [-0.4, -0.2) is 44.8 Å². The Morgan fingerprint density at radius 2 is 1.86 bits per heavy atom. The van der Waals surface area contributed by atoms with Gasteiger partial charge in [-0.3, -0.25) is 9.59 Å². The van der Waals surface area contributed by atoms with Crippen LogP contribution in [0.1, 0.15) is 19.4 Å². The molecule has 3 aromatic rings. The van der Waals surface area contributed by atoms with E-state index in [4.69, 9.17) is 18.9 Å². The van der Waals surface area contributed by atoms with Crippen molar-refractivity contribution in [3.05, 3.63) is 78.4 Å². The zero-order valence-corrected chi connectivity index (χ0v) is 21.1. The summed E-state index contributed by atoms with van der Waals surface area (Å²) in [5.41, 5.74) is 1.91. The van der Waals surface area contributed by atoms with E-state index < -0.39 is 6.10 Å². The zero-order valence-electron chi connectivity index (χ0n) is 21.1. The van der Waals surface area contributed by atoms with Crippen molar-refractivity contribution in [2.24, 2.45) is 0 Å². The van der Waals surface area contributed by atoms with E-state index in [9.17, 15) is 9.59 Å². The summed E-state index contributed by atoms with van der Waals surface area (Å²) in [6.07, 6.45) is 2.51. The Hall–Kier alpha value is -4.46. The van der Waals surface area contributed by atoms with Gasteiger partial charge >= 0.3 is 0 Å². The molecule has 0 bridgehead atoms. The minimum absolute atomic E-state index is 0.169. The fourth-order valence-electron chi connectivity index (χ4n) is 3.91. The molecule has 0 saturated heterocycles. The quantitative estimate of drug-likeness (QED) is 0.395. The Balaban J connectivity index is 1.44. The van der Waals surface area contributed by atoms with Crippen LogP contribution in [0.5, 0.6) is 23.0 Å². The lowest BCUT2D eigenvalue weighted by Gasteiger charge is -2.33. The highest BCUT2D eigenvalue weighted by Gasteiger charge is 2.31. The number of carbonyl (C=O) groups is 2. The predicted molar refractivity (Wildman–Crippen MR) is 143 cm³/mol. The van der Waals surface area contributed by atoms with Crippen LogP contribution in [0.25, 0.3) is 6.08 Å². The summed E-state index contributed by atoms with van der Waals surface area (Å²) in [6, 6.07) is 20.1. The van der Waals surface area contributed by atoms with E-state index in [1.807, 2.05) is 43.3 Å². The Morgan fingerprint density at radius 3 is 2.62 bits per heavy atom. The molecule has 2 amide bonds. The van der Waals surface area contributed by atoms with Crippen LogP contribution in [0.3, 0.4) is 0 Å². The number of fused-ring (bicyclic) bond motifs is 1. The summed E-state index contributed by atoms with van der Waals surface area (Å²) in [6.45, 7) is 4.80. The number of para-hydroxylation sites is 1. The monoisotopic (exact) mass is 502 g/mol. The van der Waals surface area contributed by atoms with Crippen molar-refractivity contribution in [1.29, 1.82) is 0 Å². The lowest BCUT2D eigenvalue weighted by Crippen LogP contribution is -2.46. The van der Waals surface area contributed by atoms with E-state index in [-0.39, 0.29) is 11.8 Å². The van der Waals surface area contributed by atoms with Gasteiger partial charge in [-0.15, -0.1) is 0 Å². The van der Waals surface area contributed by atoms with Gasteiger partial charge in [-0.1, -0.05) is 24.3 Å². The molecule has 8 nitrogen and oxygen atoms in total. The highest BCUT2D eigenvalue weighted by atomic mass is 16.5. The van der Waals surface area contributed by atoms with E-state index >= 15 is 0 Å². The average molecular weight is 503 g/mol. The van der Waals surface area contributed by atoms with E-state index in [1.54, 1.807) is 55.3 Å². The lowest BCUT2D eigenvalue weighted by molar-refractivity contribution is -0.125. The molecule has 1 unspecified atom stereocenters. The van der Waals surface area contributed by atoms with Crippen molar-refractivity contribution in [3.63, 3.8) is 0 Å². The van der Waals surface area contributed by atoms with Crippen molar-refractivity contribution in [2.75, 3.05) is 37.1 Å². The second-order valence-corrected chi connectivity index (χ2v) is 8.26. The molecule has 1 aliphatic rings. The number of hydrogen-bond acceptors (Lipinski definition) is 6. The van der Waals surface area contributed by atoms with Gasteiger partial charge in [0.1, 0.15) is 18.1 Å². The molecule has 0 aromatic heterocycles. The second-order valence-electron chi connectivity index (χ2n) is 8.26. The number of hydrogen-bond donors (Lipinski definition) is 1. The fourth-order valence-corrected chi connectivity index (χ4v) is 3.91. The molecule has 0 radical (unpaired) electrons. The zero-order chi connectivity index (χ0) is 26.2. The summed E-state index contributed by atoms with van der Waals surface area (Å²) < 4.78 is 22.4. The highest BCUT2D eigenvalue weighted by molar-refractivity contribution is 6.04. The summed E-state index contributed by atoms with van der Waals surface area (Å²) >= 11 is 0. The Kier molecular flexibility index (Phi) is 8.30. The number of rotatable bonds is 10. The Bertz CT molecular complexity index is 1270. The van der Waals surface area contributed by atoms with Gasteiger partial charge in [0, 0.05) is 11.8 Å². The van der Waals surface area contributed by atoms with Crippen LogP contribution in [0, 0.1) is 0 Å². The van der Waals surface area contributed by atoms with Gasteiger partial charge in [-0.05, 0) is 68.0 Å². The van der Waals surface area contributed by atoms with Crippen LogP contribution >= 0.6 is 0 Å². The Labute approximate surface area is 216 Å². The minimum atomic E-state index is -0.612. The standard InChI is InChI=1S/C29H30N2O6/c1-4-35-26-13-10-21(18-27(26)34-3)11-15-28(32)30-22-12-14-25-24(19-22)31(29(33)20(2)37-25)16-17-36-23-8-6-5-7-9-23/h5-15,18-20H,4,16-17H2,1-3H3,(H,30,32)/b15-11+. The molecule has 192 valence electrons. The number of methoxy groups -OCH3 is 1. The van der Waals surface area contributed by atoms with Crippen LogP contribution in [0.4, 0.5) is 11.4 Å². The molecule has 4 rings (SSSR count). The summed E-state index contributed by atoms with van der Waals surface area (Å²) in [4.78, 5) is 27.1. The number of benzene rings is 3. The number of anilines is 2. The average Bonchev–Trinajstić information content (AvgIpc) is 2.91. The summed E-state index contributed by atoms with van der Waals surface area (Å²) in [5.74, 6) is 2.05. The van der Waals surface area contributed by atoms with Gasteiger partial charge in [0.25, 0.3) is 5.91 Å². The molecule has 0 fully saturated rings. The molecule has 0 saturated carbocycles. The first-order valence-corrected chi connectivity index (χ1v) is 12.1. The fraction of sp³-hybridized carbons (Fsp3) is 0.241. The van der Waals surface area contributed by atoms with Gasteiger partial charge in [0.15, 0.2) is 17.6 Å². The van der Waals surface area contributed by atoms with E-state index in [2.05, 4.69) is 5.32 Å². The lowest BCUT2D eigenvalue weighted by atomic mass is 10.1. The van der Waals surface area contributed by atoms with Crippen molar-refractivity contribution in [1.82, 2.24) is 0 Å².